The number of hydrogen-bond donors (Lipinski definition) is 3. The number of carbonyl (C=O) groups excluding carboxylic acids is 2. The summed E-state index contributed by atoms with van der Waals surface area (Å²) < 4.78 is 10.9. The Morgan fingerprint density at radius 3 is 2.73 bits per heavy atom. The van der Waals surface area contributed by atoms with Crippen LogP contribution in [0, 0.1) is 6.92 Å². The summed E-state index contributed by atoms with van der Waals surface area (Å²) in [5.74, 6) is -0.517. The number of rotatable bonds is 4. The molecule has 1 unspecified atom stereocenters. The van der Waals surface area contributed by atoms with Crippen molar-refractivity contribution in [1.29, 1.82) is 0 Å². The van der Waals surface area contributed by atoms with Gasteiger partial charge in [0.2, 0.25) is 0 Å². The van der Waals surface area contributed by atoms with Gasteiger partial charge in [0.15, 0.2) is 6.29 Å². The zero-order valence-electron chi connectivity index (χ0n) is 19.7. The first-order chi connectivity index (χ1) is 15.5. The molecular weight excluding hydrogens is 462 g/mol. The molecule has 10 heteroatoms. The maximum Gasteiger partial charge on any atom is 0.341 e. The lowest BCUT2D eigenvalue weighted by molar-refractivity contribution is -0.107. The number of thiophene rings is 2. The SMILES string of the molecule is Cc1sc2c(c1CNC(=O)Nc1sc3c(c1C(=O)OC(C)(C)C)CCOC3O)CCN(C)C2. The Labute approximate surface area is 201 Å². The van der Waals surface area contributed by atoms with Gasteiger partial charge in [0, 0.05) is 29.4 Å². The number of anilines is 1. The molecule has 0 saturated carbocycles. The third-order valence-corrected chi connectivity index (χ3v) is 8.06. The molecule has 0 aromatic carbocycles. The van der Waals surface area contributed by atoms with E-state index in [1.807, 2.05) is 0 Å². The lowest BCUT2D eigenvalue weighted by Crippen LogP contribution is -2.31. The van der Waals surface area contributed by atoms with E-state index >= 15 is 0 Å². The fourth-order valence-corrected chi connectivity index (χ4v) is 6.68. The van der Waals surface area contributed by atoms with Crippen molar-refractivity contribution in [1.82, 2.24) is 10.2 Å². The number of fused-ring (bicyclic) bond motifs is 2. The summed E-state index contributed by atoms with van der Waals surface area (Å²) in [6.07, 6.45) is 0.333. The minimum absolute atomic E-state index is 0.296. The van der Waals surface area contributed by atoms with E-state index in [2.05, 4.69) is 29.5 Å². The molecule has 2 amide bonds. The zero-order valence-corrected chi connectivity index (χ0v) is 21.3. The molecule has 180 valence electrons. The Balaban J connectivity index is 1.52. The average molecular weight is 494 g/mol. The first kappa shape index (κ1) is 24.2. The van der Waals surface area contributed by atoms with Gasteiger partial charge < -0.3 is 24.8 Å². The van der Waals surface area contributed by atoms with Crippen LogP contribution in [0.3, 0.4) is 0 Å². The zero-order chi connectivity index (χ0) is 23.9. The van der Waals surface area contributed by atoms with Crippen LogP contribution in [-0.2, 0) is 35.4 Å². The third kappa shape index (κ3) is 5.25. The van der Waals surface area contributed by atoms with E-state index in [1.165, 1.54) is 20.9 Å². The fraction of sp³-hybridized carbons (Fsp3) is 0.565. The Hall–Kier alpha value is -1.98. The number of nitrogens with one attached hydrogen (secondary N) is 2. The predicted octanol–water partition coefficient (Wildman–Crippen LogP) is 3.95. The second kappa shape index (κ2) is 9.34. The highest BCUT2D eigenvalue weighted by Gasteiger charge is 2.33. The van der Waals surface area contributed by atoms with E-state index in [-0.39, 0.29) is 0 Å². The molecule has 33 heavy (non-hydrogen) atoms. The topological polar surface area (TPSA) is 100 Å². The maximum absolute atomic E-state index is 13.0. The van der Waals surface area contributed by atoms with Crippen molar-refractivity contribution in [3.8, 4) is 0 Å². The number of aliphatic hydroxyl groups excluding tert-OH is 1. The highest BCUT2D eigenvalue weighted by atomic mass is 32.1. The van der Waals surface area contributed by atoms with E-state index in [9.17, 15) is 14.7 Å². The van der Waals surface area contributed by atoms with Crippen LogP contribution >= 0.6 is 22.7 Å². The molecule has 2 aliphatic heterocycles. The van der Waals surface area contributed by atoms with Gasteiger partial charge in [-0.3, -0.25) is 5.32 Å². The molecule has 1 atom stereocenters. The summed E-state index contributed by atoms with van der Waals surface area (Å²) in [6.45, 7) is 10.1. The number of urea groups is 1. The fourth-order valence-electron chi connectivity index (χ4n) is 4.19. The van der Waals surface area contributed by atoms with Crippen LogP contribution in [-0.4, -0.2) is 47.8 Å². The van der Waals surface area contributed by atoms with Crippen molar-refractivity contribution in [3.63, 3.8) is 0 Å². The van der Waals surface area contributed by atoms with Gasteiger partial charge in [-0.1, -0.05) is 0 Å². The van der Waals surface area contributed by atoms with Gasteiger partial charge in [-0.05, 0) is 64.3 Å². The highest BCUT2D eigenvalue weighted by Crippen LogP contribution is 2.41. The van der Waals surface area contributed by atoms with E-state index in [4.69, 9.17) is 9.47 Å². The number of esters is 1. The second-order valence-corrected chi connectivity index (χ2v) is 11.8. The number of hydrogen-bond acceptors (Lipinski definition) is 8. The monoisotopic (exact) mass is 493 g/mol. The molecule has 0 radical (unpaired) electrons. The number of ether oxygens (including phenoxy) is 2. The summed E-state index contributed by atoms with van der Waals surface area (Å²) in [7, 11) is 2.12. The minimum Gasteiger partial charge on any atom is -0.456 e. The molecule has 4 rings (SSSR count). The maximum atomic E-state index is 13.0. The lowest BCUT2D eigenvalue weighted by Gasteiger charge is -2.23. The van der Waals surface area contributed by atoms with Crippen LogP contribution in [0.2, 0.25) is 0 Å². The highest BCUT2D eigenvalue weighted by molar-refractivity contribution is 7.17. The van der Waals surface area contributed by atoms with Crippen molar-refractivity contribution in [2.24, 2.45) is 0 Å². The van der Waals surface area contributed by atoms with E-state index < -0.39 is 23.9 Å². The van der Waals surface area contributed by atoms with Crippen LogP contribution in [0.5, 0.6) is 0 Å². The van der Waals surface area contributed by atoms with Gasteiger partial charge in [0.25, 0.3) is 0 Å². The van der Waals surface area contributed by atoms with Crippen molar-refractivity contribution in [2.75, 3.05) is 25.5 Å². The molecule has 0 spiro atoms. The second-order valence-electron chi connectivity index (χ2n) is 9.46. The summed E-state index contributed by atoms with van der Waals surface area (Å²) in [4.78, 5) is 31.2. The van der Waals surface area contributed by atoms with E-state index in [0.29, 0.717) is 40.6 Å². The molecule has 0 bridgehead atoms. The molecule has 0 saturated heterocycles. The van der Waals surface area contributed by atoms with Gasteiger partial charge >= 0.3 is 12.0 Å². The number of amides is 2. The standard InChI is InChI=1S/C23H31N3O5S2/c1-12-15(13-6-8-26(5)11-16(13)32-12)10-24-22(29)25-19-17(20(27)31-23(2,3)4)14-7-9-30-21(28)18(14)33-19/h21,28H,6-11H2,1-5H3,(H2,24,25,29). The molecule has 0 fully saturated rings. The van der Waals surface area contributed by atoms with Crippen molar-refractivity contribution >= 4 is 39.7 Å². The van der Waals surface area contributed by atoms with Crippen LogP contribution in [0.25, 0.3) is 0 Å². The summed E-state index contributed by atoms with van der Waals surface area (Å²) in [5, 5.41) is 16.4. The van der Waals surface area contributed by atoms with Crippen molar-refractivity contribution in [2.45, 2.75) is 65.5 Å². The minimum atomic E-state index is -1.11. The Morgan fingerprint density at radius 2 is 2.00 bits per heavy atom. The molecule has 0 aliphatic carbocycles. The summed E-state index contributed by atoms with van der Waals surface area (Å²) >= 11 is 2.94. The van der Waals surface area contributed by atoms with Crippen LogP contribution in [0.15, 0.2) is 0 Å². The Bertz CT molecular complexity index is 1070. The molecule has 2 aliphatic rings. The first-order valence-electron chi connectivity index (χ1n) is 11.1. The van der Waals surface area contributed by atoms with Gasteiger partial charge in [0.05, 0.1) is 17.0 Å². The Kier molecular flexibility index (Phi) is 6.84. The number of likely N-dealkylation sites (N-methyl/N-ethyl adjacent to an activating group) is 1. The van der Waals surface area contributed by atoms with Gasteiger partial charge in [-0.25, -0.2) is 9.59 Å². The quantitative estimate of drug-likeness (QED) is 0.558. The summed E-state index contributed by atoms with van der Waals surface area (Å²) in [5.41, 5.74) is 2.82. The smallest absolute Gasteiger partial charge is 0.341 e. The molecule has 2 aromatic heterocycles. The number of carbonyl (C=O) groups is 2. The molecule has 2 aromatic rings. The molecule has 4 heterocycles. The largest absolute Gasteiger partial charge is 0.456 e. The molecule has 3 N–H and O–H groups in total. The Morgan fingerprint density at radius 1 is 1.24 bits per heavy atom. The average Bonchev–Trinajstić information content (AvgIpc) is 3.22. The predicted molar refractivity (Wildman–Crippen MR) is 129 cm³/mol. The molecular formula is C23H31N3O5S2. The third-order valence-electron chi connectivity index (χ3n) is 5.71. The summed E-state index contributed by atoms with van der Waals surface area (Å²) in [6, 6.07) is -0.402. The normalized spacial score (nSPS) is 18.4. The number of aryl methyl sites for hydroxylation is 1. The first-order valence-corrected chi connectivity index (χ1v) is 12.7. The van der Waals surface area contributed by atoms with Crippen molar-refractivity contribution in [3.05, 3.63) is 36.9 Å². The lowest BCUT2D eigenvalue weighted by atomic mass is 10.0. The van der Waals surface area contributed by atoms with Gasteiger partial charge in [-0.2, -0.15) is 0 Å². The van der Waals surface area contributed by atoms with E-state index in [0.717, 1.165) is 30.8 Å². The van der Waals surface area contributed by atoms with Crippen molar-refractivity contribution < 1.29 is 24.2 Å². The molecule has 8 nitrogen and oxygen atoms in total. The van der Waals surface area contributed by atoms with Gasteiger partial charge in [0.1, 0.15) is 10.6 Å². The van der Waals surface area contributed by atoms with Crippen LogP contribution in [0.4, 0.5) is 9.80 Å². The number of aliphatic hydroxyl groups is 1. The van der Waals surface area contributed by atoms with Gasteiger partial charge in [-0.15, -0.1) is 22.7 Å². The number of nitrogens with zero attached hydrogens (tertiary/aromatic N) is 1. The van der Waals surface area contributed by atoms with Crippen LogP contribution in [0.1, 0.15) is 68.7 Å². The van der Waals surface area contributed by atoms with E-state index in [1.54, 1.807) is 32.1 Å². The van der Waals surface area contributed by atoms with Crippen LogP contribution < -0.4 is 10.6 Å².